The third-order valence-electron chi connectivity index (χ3n) is 2.90. The number of nitrogens with zero attached hydrogens (tertiary/aromatic N) is 3. The molecule has 4 heteroatoms. The Morgan fingerprint density at radius 3 is 2.78 bits per heavy atom. The Kier molecular flexibility index (Phi) is 2.78. The summed E-state index contributed by atoms with van der Waals surface area (Å²) in [5.74, 6) is 0. The number of aliphatic hydroxyl groups is 1. The molecule has 3 rings (SSSR count). The fourth-order valence-electron chi connectivity index (χ4n) is 1.96. The van der Waals surface area contributed by atoms with E-state index in [1.807, 2.05) is 47.1 Å². The SMILES string of the molecule is OC(Cc1ccncc1)c1cn2ccccc2n1. The Morgan fingerprint density at radius 1 is 1.17 bits per heavy atom. The van der Waals surface area contributed by atoms with Crippen molar-refractivity contribution < 1.29 is 5.11 Å². The van der Waals surface area contributed by atoms with Crippen molar-refractivity contribution in [3.63, 3.8) is 0 Å². The van der Waals surface area contributed by atoms with Gasteiger partial charge in [-0.25, -0.2) is 4.98 Å². The van der Waals surface area contributed by atoms with Crippen LogP contribution in [0, 0.1) is 0 Å². The fraction of sp³-hybridized carbons (Fsp3) is 0.143. The summed E-state index contributed by atoms with van der Waals surface area (Å²) >= 11 is 0. The zero-order valence-electron chi connectivity index (χ0n) is 9.77. The summed E-state index contributed by atoms with van der Waals surface area (Å²) < 4.78 is 1.91. The Hall–Kier alpha value is -2.20. The quantitative estimate of drug-likeness (QED) is 0.760. The second-order valence-electron chi connectivity index (χ2n) is 4.21. The van der Waals surface area contributed by atoms with E-state index in [1.165, 1.54) is 0 Å². The van der Waals surface area contributed by atoms with Gasteiger partial charge < -0.3 is 9.51 Å². The second kappa shape index (κ2) is 4.58. The van der Waals surface area contributed by atoms with Gasteiger partial charge >= 0.3 is 0 Å². The first-order valence-electron chi connectivity index (χ1n) is 5.83. The molecule has 0 spiro atoms. The third kappa shape index (κ3) is 2.10. The number of aromatic nitrogens is 3. The Bertz CT molecular complexity index is 615. The molecular weight excluding hydrogens is 226 g/mol. The molecule has 3 aromatic heterocycles. The number of hydrogen-bond donors (Lipinski definition) is 1. The van der Waals surface area contributed by atoms with E-state index in [-0.39, 0.29) is 0 Å². The topological polar surface area (TPSA) is 50.4 Å². The van der Waals surface area contributed by atoms with Gasteiger partial charge in [-0.15, -0.1) is 0 Å². The van der Waals surface area contributed by atoms with Crippen LogP contribution >= 0.6 is 0 Å². The predicted molar refractivity (Wildman–Crippen MR) is 68.1 cm³/mol. The summed E-state index contributed by atoms with van der Waals surface area (Å²) in [6.07, 6.45) is 7.20. The Morgan fingerprint density at radius 2 is 2.00 bits per heavy atom. The smallest absolute Gasteiger partial charge is 0.137 e. The van der Waals surface area contributed by atoms with Crippen molar-refractivity contribution in [1.82, 2.24) is 14.4 Å². The molecule has 3 aromatic rings. The van der Waals surface area contributed by atoms with E-state index in [2.05, 4.69) is 9.97 Å². The molecule has 0 aliphatic rings. The van der Waals surface area contributed by atoms with Crippen LogP contribution in [0.2, 0.25) is 0 Å². The van der Waals surface area contributed by atoms with Crippen LogP contribution < -0.4 is 0 Å². The van der Waals surface area contributed by atoms with E-state index in [1.54, 1.807) is 12.4 Å². The molecule has 0 saturated carbocycles. The number of aliphatic hydroxyl groups excluding tert-OH is 1. The van der Waals surface area contributed by atoms with Gasteiger partial charge in [0.05, 0.1) is 5.69 Å². The summed E-state index contributed by atoms with van der Waals surface area (Å²) in [6, 6.07) is 9.59. The summed E-state index contributed by atoms with van der Waals surface area (Å²) in [4.78, 5) is 8.36. The summed E-state index contributed by atoms with van der Waals surface area (Å²) in [6.45, 7) is 0. The van der Waals surface area contributed by atoms with Crippen LogP contribution in [0.5, 0.6) is 0 Å². The van der Waals surface area contributed by atoms with E-state index in [9.17, 15) is 5.11 Å². The van der Waals surface area contributed by atoms with Crippen LogP contribution in [-0.4, -0.2) is 19.5 Å². The number of hydrogen-bond acceptors (Lipinski definition) is 3. The van der Waals surface area contributed by atoms with E-state index >= 15 is 0 Å². The van der Waals surface area contributed by atoms with Gasteiger partial charge in [0.2, 0.25) is 0 Å². The van der Waals surface area contributed by atoms with Crippen molar-refractivity contribution in [2.75, 3.05) is 0 Å². The minimum absolute atomic E-state index is 0.548. The molecule has 0 aliphatic carbocycles. The first-order chi connectivity index (χ1) is 8.83. The minimum atomic E-state index is -0.590. The van der Waals surface area contributed by atoms with Crippen LogP contribution in [0.1, 0.15) is 17.4 Å². The molecule has 1 N–H and O–H groups in total. The fourth-order valence-corrected chi connectivity index (χ4v) is 1.96. The number of pyridine rings is 2. The van der Waals surface area contributed by atoms with Gasteiger partial charge in [0.1, 0.15) is 11.8 Å². The average Bonchev–Trinajstić information content (AvgIpc) is 2.84. The molecule has 0 amide bonds. The van der Waals surface area contributed by atoms with Crippen molar-refractivity contribution in [2.24, 2.45) is 0 Å². The van der Waals surface area contributed by atoms with Crippen molar-refractivity contribution in [2.45, 2.75) is 12.5 Å². The Labute approximate surface area is 105 Å². The highest BCUT2D eigenvalue weighted by Crippen LogP contribution is 2.17. The molecule has 0 aromatic carbocycles. The van der Waals surface area contributed by atoms with Crippen LogP contribution in [0.3, 0.4) is 0 Å². The second-order valence-corrected chi connectivity index (χ2v) is 4.21. The molecule has 0 aliphatic heterocycles. The summed E-state index contributed by atoms with van der Waals surface area (Å²) in [5, 5.41) is 10.2. The van der Waals surface area contributed by atoms with Gasteiger partial charge in [-0.1, -0.05) is 6.07 Å². The maximum absolute atomic E-state index is 10.2. The molecule has 0 bridgehead atoms. The van der Waals surface area contributed by atoms with Crippen molar-refractivity contribution in [3.8, 4) is 0 Å². The van der Waals surface area contributed by atoms with Gasteiger partial charge in [-0.2, -0.15) is 0 Å². The largest absolute Gasteiger partial charge is 0.386 e. The lowest BCUT2D eigenvalue weighted by Gasteiger charge is -2.06. The van der Waals surface area contributed by atoms with Crippen LogP contribution in [0.15, 0.2) is 55.1 Å². The zero-order valence-corrected chi connectivity index (χ0v) is 9.77. The molecule has 18 heavy (non-hydrogen) atoms. The molecule has 0 saturated heterocycles. The van der Waals surface area contributed by atoms with E-state index in [4.69, 9.17) is 0 Å². The van der Waals surface area contributed by atoms with Gasteiger partial charge in [-0.05, 0) is 29.8 Å². The van der Waals surface area contributed by atoms with E-state index < -0.39 is 6.10 Å². The van der Waals surface area contributed by atoms with E-state index in [0.717, 1.165) is 11.2 Å². The maximum atomic E-state index is 10.2. The molecule has 1 unspecified atom stereocenters. The monoisotopic (exact) mass is 239 g/mol. The van der Waals surface area contributed by atoms with Gasteiger partial charge in [0.15, 0.2) is 0 Å². The highest BCUT2D eigenvalue weighted by molar-refractivity contribution is 5.39. The summed E-state index contributed by atoms with van der Waals surface area (Å²) in [5.41, 5.74) is 2.59. The maximum Gasteiger partial charge on any atom is 0.137 e. The highest BCUT2D eigenvalue weighted by Gasteiger charge is 2.12. The number of rotatable bonds is 3. The lowest BCUT2D eigenvalue weighted by Crippen LogP contribution is -2.02. The Balaban J connectivity index is 1.86. The normalized spacial score (nSPS) is 12.7. The van der Waals surface area contributed by atoms with Crippen molar-refractivity contribution >= 4 is 5.65 Å². The zero-order chi connectivity index (χ0) is 12.4. The first-order valence-corrected chi connectivity index (χ1v) is 5.83. The lowest BCUT2D eigenvalue weighted by molar-refractivity contribution is 0.174. The molecular formula is C14H13N3O. The van der Waals surface area contributed by atoms with Crippen molar-refractivity contribution in [3.05, 3.63) is 66.4 Å². The first kappa shape index (κ1) is 10.9. The van der Waals surface area contributed by atoms with Crippen LogP contribution in [0.25, 0.3) is 5.65 Å². The van der Waals surface area contributed by atoms with Crippen molar-refractivity contribution in [1.29, 1.82) is 0 Å². The number of imidazole rings is 1. The van der Waals surface area contributed by atoms with Gasteiger partial charge in [0.25, 0.3) is 0 Å². The molecule has 90 valence electrons. The van der Waals surface area contributed by atoms with Crippen LogP contribution in [0.4, 0.5) is 0 Å². The van der Waals surface area contributed by atoms with Gasteiger partial charge in [0, 0.05) is 31.2 Å². The molecule has 0 fully saturated rings. The predicted octanol–water partition coefficient (Wildman–Crippen LogP) is 2.01. The molecule has 0 radical (unpaired) electrons. The van der Waals surface area contributed by atoms with Crippen LogP contribution in [-0.2, 0) is 6.42 Å². The molecule has 3 heterocycles. The standard InChI is InChI=1S/C14H13N3O/c18-13(9-11-4-6-15-7-5-11)12-10-17-8-2-1-3-14(17)16-12/h1-8,10,13,18H,9H2. The molecule has 1 atom stereocenters. The third-order valence-corrected chi connectivity index (χ3v) is 2.90. The highest BCUT2D eigenvalue weighted by atomic mass is 16.3. The number of fused-ring (bicyclic) bond motifs is 1. The minimum Gasteiger partial charge on any atom is -0.386 e. The average molecular weight is 239 g/mol. The molecule has 4 nitrogen and oxygen atoms in total. The van der Waals surface area contributed by atoms with E-state index in [0.29, 0.717) is 12.1 Å². The van der Waals surface area contributed by atoms with Gasteiger partial charge in [-0.3, -0.25) is 4.98 Å². The summed E-state index contributed by atoms with van der Waals surface area (Å²) in [7, 11) is 0. The lowest BCUT2D eigenvalue weighted by atomic mass is 10.1.